The van der Waals surface area contributed by atoms with Crippen molar-refractivity contribution in [3.63, 3.8) is 0 Å². The molecule has 0 spiro atoms. The molecule has 2 heterocycles. The lowest BCUT2D eigenvalue weighted by Gasteiger charge is -2.22. The van der Waals surface area contributed by atoms with E-state index in [1.165, 1.54) is 11.3 Å². The Balaban J connectivity index is 1.43. The second kappa shape index (κ2) is 9.73. The minimum Gasteiger partial charge on any atom is -0.493 e. The van der Waals surface area contributed by atoms with Crippen LogP contribution in [0.5, 0.6) is 5.75 Å². The summed E-state index contributed by atoms with van der Waals surface area (Å²) in [6.07, 6.45) is 1.99. The number of hydrogen-bond donors (Lipinski definition) is 0. The SMILES string of the molecule is Cc1cccc(C)c1OCCCC(=O)N1CCCN(C(=O)c2cccs2)CC1. The summed E-state index contributed by atoms with van der Waals surface area (Å²) < 4.78 is 5.90. The Kier molecular flexibility index (Phi) is 7.09. The normalized spacial score (nSPS) is 14.6. The van der Waals surface area contributed by atoms with Gasteiger partial charge in [-0.25, -0.2) is 0 Å². The third kappa shape index (κ3) is 5.13. The first-order chi connectivity index (χ1) is 13.6. The summed E-state index contributed by atoms with van der Waals surface area (Å²) in [5.74, 6) is 1.15. The molecule has 1 aliphatic heterocycles. The number of hydrogen-bond acceptors (Lipinski definition) is 4. The van der Waals surface area contributed by atoms with E-state index in [2.05, 4.69) is 0 Å². The average molecular weight is 401 g/mol. The van der Waals surface area contributed by atoms with Gasteiger partial charge in [0.05, 0.1) is 11.5 Å². The van der Waals surface area contributed by atoms with Gasteiger partial charge in [-0.05, 0) is 49.3 Å². The van der Waals surface area contributed by atoms with E-state index in [1.807, 2.05) is 59.4 Å². The molecule has 0 unspecified atom stereocenters. The molecule has 1 fully saturated rings. The van der Waals surface area contributed by atoms with Crippen LogP contribution in [-0.2, 0) is 4.79 Å². The molecule has 5 nitrogen and oxygen atoms in total. The lowest BCUT2D eigenvalue weighted by molar-refractivity contribution is -0.131. The number of carbonyl (C=O) groups excluding carboxylic acids is 2. The number of benzene rings is 1. The van der Waals surface area contributed by atoms with Gasteiger partial charge >= 0.3 is 0 Å². The van der Waals surface area contributed by atoms with Crippen LogP contribution in [0.25, 0.3) is 0 Å². The molecule has 1 saturated heterocycles. The molecule has 0 bridgehead atoms. The summed E-state index contributed by atoms with van der Waals surface area (Å²) in [5.41, 5.74) is 2.24. The highest BCUT2D eigenvalue weighted by molar-refractivity contribution is 7.12. The van der Waals surface area contributed by atoms with E-state index < -0.39 is 0 Å². The molecule has 0 aliphatic carbocycles. The standard InChI is InChI=1S/C22H28N2O3S/c1-17-7-3-8-18(2)21(17)27-15-4-10-20(25)23-11-6-12-24(14-13-23)22(26)19-9-5-16-28-19/h3,5,7-9,16H,4,6,10-15H2,1-2H3. The van der Waals surface area contributed by atoms with Crippen LogP contribution >= 0.6 is 11.3 Å². The minimum absolute atomic E-state index is 0.0753. The van der Waals surface area contributed by atoms with E-state index in [9.17, 15) is 9.59 Å². The van der Waals surface area contributed by atoms with Crippen molar-refractivity contribution < 1.29 is 14.3 Å². The first-order valence-electron chi connectivity index (χ1n) is 9.86. The van der Waals surface area contributed by atoms with Gasteiger partial charge in [-0.1, -0.05) is 24.3 Å². The second-order valence-electron chi connectivity index (χ2n) is 7.18. The molecule has 1 aromatic carbocycles. The van der Waals surface area contributed by atoms with Crippen molar-refractivity contribution in [2.75, 3.05) is 32.8 Å². The van der Waals surface area contributed by atoms with Gasteiger partial charge in [0.15, 0.2) is 0 Å². The number of thiophene rings is 1. The highest BCUT2D eigenvalue weighted by Gasteiger charge is 2.23. The summed E-state index contributed by atoms with van der Waals surface area (Å²) >= 11 is 1.47. The number of ether oxygens (including phenoxy) is 1. The van der Waals surface area contributed by atoms with Crippen molar-refractivity contribution >= 4 is 23.2 Å². The first kappa shape index (κ1) is 20.4. The maximum atomic E-state index is 12.6. The van der Waals surface area contributed by atoms with Gasteiger partial charge < -0.3 is 14.5 Å². The van der Waals surface area contributed by atoms with Crippen LogP contribution in [0.15, 0.2) is 35.7 Å². The lowest BCUT2D eigenvalue weighted by atomic mass is 10.1. The van der Waals surface area contributed by atoms with Crippen LogP contribution in [0.4, 0.5) is 0 Å². The van der Waals surface area contributed by atoms with Gasteiger partial charge in [0.1, 0.15) is 5.75 Å². The Morgan fingerprint density at radius 1 is 1.00 bits per heavy atom. The fourth-order valence-electron chi connectivity index (χ4n) is 3.51. The molecule has 2 aromatic rings. The van der Waals surface area contributed by atoms with Gasteiger partial charge in [-0.3, -0.25) is 9.59 Å². The molecular weight excluding hydrogens is 372 g/mol. The van der Waals surface area contributed by atoms with Crippen LogP contribution in [0.1, 0.15) is 40.1 Å². The molecule has 0 N–H and O–H groups in total. The summed E-state index contributed by atoms with van der Waals surface area (Å²) in [7, 11) is 0. The highest BCUT2D eigenvalue weighted by Crippen LogP contribution is 2.22. The Bertz CT molecular complexity index is 784. The number of rotatable bonds is 6. The maximum Gasteiger partial charge on any atom is 0.263 e. The average Bonchev–Trinajstić information content (AvgIpc) is 3.10. The molecule has 3 rings (SSSR count). The van der Waals surface area contributed by atoms with Crippen LogP contribution in [-0.4, -0.2) is 54.4 Å². The van der Waals surface area contributed by atoms with Crippen LogP contribution in [0, 0.1) is 13.8 Å². The Morgan fingerprint density at radius 3 is 2.43 bits per heavy atom. The lowest BCUT2D eigenvalue weighted by Crippen LogP contribution is -2.37. The predicted octanol–water partition coefficient (Wildman–Crippen LogP) is 3.90. The molecule has 1 aromatic heterocycles. The monoisotopic (exact) mass is 400 g/mol. The molecule has 0 radical (unpaired) electrons. The maximum absolute atomic E-state index is 12.6. The molecular formula is C22H28N2O3S. The van der Waals surface area contributed by atoms with Crippen molar-refractivity contribution in [1.82, 2.24) is 9.80 Å². The number of para-hydroxylation sites is 1. The van der Waals surface area contributed by atoms with Crippen LogP contribution < -0.4 is 4.74 Å². The van der Waals surface area contributed by atoms with Gasteiger partial charge in [0.25, 0.3) is 5.91 Å². The molecule has 2 amide bonds. The first-order valence-corrected chi connectivity index (χ1v) is 10.7. The predicted molar refractivity (Wildman–Crippen MR) is 112 cm³/mol. The Morgan fingerprint density at radius 2 is 1.71 bits per heavy atom. The molecule has 0 saturated carbocycles. The van der Waals surface area contributed by atoms with E-state index in [0.29, 0.717) is 45.6 Å². The van der Waals surface area contributed by atoms with Crippen molar-refractivity contribution in [3.05, 3.63) is 51.7 Å². The van der Waals surface area contributed by atoms with Gasteiger partial charge in [-0.15, -0.1) is 11.3 Å². The number of aryl methyl sites for hydroxylation is 2. The Labute approximate surface area is 170 Å². The molecule has 28 heavy (non-hydrogen) atoms. The minimum atomic E-state index is 0.0753. The second-order valence-corrected chi connectivity index (χ2v) is 8.12. The number of nitrogens with zero attached hydrogens (tertiary/aromatic N) is 2. The highest BCUT2D eigenvalue weighted by atomic mass is 32.1. The quantitative estimate of drug-likeness (QED) is 0.691. The smallest absolute Gasteiger partial charge is 0.263 e. The Hall–Kier alpha value is -2.34. The van der Waals surface area contributed by atoms with E-state index >= 15 is 0 Å². The number of carbonyl (C=O) groups is 2. The summed E-state index contributed by atoms with van der Waals surface area (Å²) in [6.45, 7) is 7.23. The van der Waals surface area contributed by atoms with Crippen LogP contribution in [0.3, 0.4) is 0 Å². The van der Waals surface area contributed by atoms with Gasteiger partial charge in [0.2, 0.25) is 5.91 Å². The van der Waals surface area contributed by atoms with Gasteiger partial charge in [-0.2, -0.15) is 0 Å². The fraction of sp³-hybridized carbons (Fsp3) is 0.455. The largest absolute Gasteiger partial charge is 0.493 e. The van der Waals surface area contributed by atoms with Crippen molar-refractivity contribution in [2.24, 2.45) is 0 Å². The van der Waals surface area contributed by atoms with Crippen molar-refractivity contribution in [2.45, 2.75) is 33.1 Å². The summed E-state index contributed by atoms with van der Waals surface area (Å²) in [5, 5.41) is 1.92. The molecule has 150 valence electrons. The summed E-state index contributed by atoms with van der Waals surface area (Å²) in [6, 6.07) is 9.85. The topological polar surface area (TPSA) is 49.9 Å². The van der Waals surface area contributed by atoms with E-state index in [-0.39, 0.29) is 11.8 Å². The van der Waals surface area contributed by atoms with Gasteiger partial charge in [0, 0.05) is 32.6 Å². The van der Waals surface area contributed by atoms with Crippen LogP contribution in [0.2, 0.25) is 0 Å². The molecule has 1 aliphatic rings. The van der Waals surface area contributed by atoms with E-state index in [0.717, 1.165) is 28.2 Å². The van der Waals surface area contributed by atoms with E-state index in [1.54, 1.807) is 0 Å². The summed E-state index contributed by atoms with van der Waals surface area (Å²) in [4.78, 5) is 29.6. The zero-order chi connectivity index (χ0) is 19.9. The van der Waals surface area contributed by atoms with E-state index in [4.69, 9.17) is 4.74 Å². The van der Waals surface area contributed by atoms with Crippen molar-refractivity contribution in [1.29, 1.82) is 0 Å². The zero-order valence-corrected chi connectivity index (χ0v) is 17.5. The molecule has 6 heteroatoms. The third-order valence-corrected chi connectivity index (χ3v) is 5.92. The zero-order valence-electron chi connectivity index (χ0n) is 16.6. The fourth-order valence-corrected chi connectivity index (χ4v) is 4.20. The molecule has 0 atom stereocenters. The van der Waals surface area contributed by atoms with Crippen molar-refractivity contribution in [3.8, 4) is 5.75 Å². The number of amides is 2. The third-order valence-electron chi connectivity index (χ3n) is 5.06.